The minimum Gasteiger partial charge on any atom is -0.308 e. The maximum absolute atomic E-state index is 2.52. The Labute approximate surface area is 439 Å². The molecule has 75 heavy (non-hydrogen) atoms. The average Bonchev–Trinajstić information content (AvgIpc) is 3.84. The van der Waals surface area contributed by atoms with Gasteiger partial charge in [-0.05, 0) is 143 Å². The van der Waals surface area contributed by atoms with Crippen LogP contribution in [0, 0.1) is 0 Å². The Kier molecular flexibility index (Phi) is 10.1. The molecule has 0 N–H and O–H groups in total. The number of para-hydroxylation sites is 3. The van der Waals surface area contributed by atoms with Gasteiger partial charge in [-0.15, -0.1) is 11.3 Å². The minimum absolute atomic E-state index is 1.05. The monoisotopic (exact) mass is 970 g/mol. The van der Waals surface area contributed by atoms with Gasteiger partial charge in [-0.3, -0.25) is 0 Å². The summed E-state index contributed by atoms with van der Waals surface area (Å²) >= 11 is 1.88. The molecule has 0 unspecified atom stereocenters. The second-order valence-electron chi connectivity index (χ2n) is 19.5. The second-order valence-corrected chi connectivity index (χ2v) is 20.6. The summed E-state index contributed by atoms with van der Waals surface area (Å²) in [6, 6.07) is 104. The fourth-order valence-electron chi connectivity index (χ4n) is 12.1. The highest BCUT2D eigenvalue weighted by Gasteiger charge is 2.31. The molecular formula is C72H46N2S. The highest BCUT2D eigenvalue weighted by Crippen LogP contribution is 2.56. The number of rotatable bonds is 5. The molecule has 15 rings (SSSR count). The van der Waals surface area contributed by atoms with Crippen molar-refractivity contribution in [2.24, 2.45) is 0 Å². The third-order valence-corrected chi connectivity index (χ3v) is 16.5. The molecule has 1 aliphatic rings. The number of nitrogens with zero attached hydrogens (tertiary/aromatic N) is 2. The highest BCUT2D eigenvalue weighted by atomic mass is 32.1. The van der Waals surface area contributed by atoms with Crippen LogP contribution in [0.15, 0.2) is 279 Å². The standard InChI is InChI=1S/C72H46N2S/c1-3-21-47(22-4-1)48-23-19-26-50(43-48)73(69-39-20-37-63-58-33-13-12-32-57(58)61-35-15-17-38-68(61)74(72(63)69)49-24-5-2-6-25-49)51-41-42-60-56-31-10-9-29-54(56)52-27-7-8-28-53(52)55-30-11-14-34-59(55)65-45-67-62-36-16-18-40-70(62)75-71(67)46-66(65)64(60)44-51/h1-46H. The summed E-state index contributed by atoms with van der Waals surface area (Å²) < 4.78 is 2.56. The lowest BCUT2D eigenvalue weighted by Gasteiger charge is -2.34. The number of thiophene rings is 1. The Morgan fingerprint density at radius 2 is 0.747 bits per heavy atom. The van der Waals surface area contributed by atoms with E-state index in [1.54, 1.807) is 0 Å². The van der Waals surface area contributed by atoms with E-state index < -0.39 is 0 Å². The van der Waals surface area contributed by atoms with Crippen LogP contribution in [0.25, 0.3) is 107 Å². The van der Waals surface area contributed by atoms with Gasteiger partial charge >= 0.3 is 0 Å². The first-order valence-electron chi connectivity index (χ1n) is 25.7. The van der Waals surface area contributed by atoms with Gasteiger partial charge in [0.05, 0.1) is 17.1 Å². The van der Waals surface area contributed by atoms with E-state index in [0.29, 0.717) is 0 Å². The molecule has 14 aromatic rings. The number of anilines is 6. The van der Waals surface area contributed by atoms with Gasteiger partial charge in [0.2, 0.25) is 0 Å². The molecule has 3 heteroatoms. The zero-order valence-electron chi connectivity index (χ0n) is 40.9. The summed E-state index contributed by atoms with van der Waals surface area (Å²) in [5.74, 6) is 0. The summed E-state index contributed by atoms with van der Waals surface area (Å²) in [6.07, 6.45) is 0. The van der Waals surface area contributed by atoms with E-state index in [2.05, 4.69) is 289 Å². The van der Waals surface area contributed by atoms with E-state index in [9.17, 15) is 0 Å². The van der Waals surface area contributed by atoms with Gasteiger partial charge in [0, 0.05) is 48.4 Å². The van der Waals surface area contributed by atoms with Crippen LogP contribution in [-0.2, 0) is 0 Å². The van der Waals surface area contributed by atoms with E-state index in [4.69, 9.17) is 0 Å². The topological polar surface area (TPSA) is 6.48 Å². The lowest BCUT2D eigenvalue weighted by atomic mass is 9.93. The molecular weight excluding hydrogens is 925 g/mol. The summed E-state index contributed by atoms with van der Waals surface area (Å²) in [7, 11) is 0. The predicted octanol–water partition coefficient (Wildman–Crippen LogP) is 21.2. The first-order valence-corrected chi connectivity index (χ1v) is 26.6. The van der Waals surface area contributed by atoms with Crippen molar-refractivity contribution in [2.45, 2.75) is 0 Å². The molecule has 2 nitrogen and oxygen atoms in total. The second kappa shape index (κ2) is 17.6. The van der Waals surface area contributed by atoms with Crippen LogP contribution in [0.3, 0.4) is 0 Å². The lowest BCUT2D eigenvalue weighted by molar-refractivity contribution is 1.23. The smallest absolute Gasteiger partial charge is 0.0781 e. The van der Waals surface area contributed by atoms with Crippen molar-refractivity contribution in [3.05, 3.63) is 279 Å². The molecule has 0 aliphatic carbocycles. The van der Waals surface area contributed by atoms with Gasteiger partial charge in [-0.2, -0.15) is 0 Å². The van der Waals surface area contributed by atoms with Crippen molar-refractivity contribution in [1.29, 1.82) is 0 Å². The number of benzene rings is 12. The number of hydrogen-bond acceptors (Lipinski definition) is 3. The van der Waals surface area contributed by atoms with Crippen LogP contribution in [0.1, 0.15) is 0 Å². The first-order chi connectivity index (χ1) is 37.2. The fraction of sp³-hybridized carbons (Fsp3) is 0. The molecule has 1 aromatic heterocycles. The number of hydrogen-bond donors (Lipinski definition) is 0. The van der Waals surface area contributed by atoms with Crippen molar-refractivity contribution in [1.82, 2.24) is 0 Å². The van der Waals surface area contributed by atoms with Gasteiger partial charge in [-0.25, -0.2) is 0 Å². The molecule has 0 atom stereocenters. The third kappa shape index (κ3) is 7.01. The van der Waals surface area contributed by atoms with Crippen molar-refractivity contribution >= 4 is 119 Å². The van der Waals surface area contributed by atoms with Gasteiger partial charge in [0.1, 0.15) is 0 Å². The van der Waals surface area contributed by atoms with Crippen LogP contribution in [-0.4, -0.2) is 0 Å². The van der Waals surface area contributed by atoms with Crippen LogP contribution < -0.4 is 9.80 Å². The average molecular weight is 971 g/mol. The van der Waals surface area contributed by atoms with E-state index in [0.717, 1.165) is 45.3 Å². The van der Waals surface area contributed by atoms with Crippen LogP contribution in [0.5, 0.6) is 0 Å². The molecule has 2 heterocycles. The zero-order valence-corrected chi connectivity index (χ0v) is 41.7. The van der Waals surface area contributed by atoms with Crippen molar-refractivity contribution < 1.29 is 0 Å². The Morgan fingerprint density at radius 1 is 0.267 bits per heavy atom. The zero-order chi connectivity index (χ0) is 49.4. The Hall–Kier alpha value is -9.54. The normalized spacial score (nSPS) is 12.0. The van der Waals surface area contributed by atoms with Crippen LogP contribution in [0.4, 0.5) is 34.1 Å². The molecule has 1 aliphatic heterocycles. The van der Waals surface area contributed by atoms with Gasteiger partial charge in [-0.1, -0.05) is 212 Å². The van der Waals surface area contributed by atoms with Crippen molar-refractivity contribution in [3.63, 3.8) is 0 Å². The van der Waals surface area contributed by atoms with Gasteiger partial charge in [0.25, 0.3) is 0 Å². The molecule has 0 bridgehead atoms. The largest absolute Gasteiger partial charge is 0.308 e. The molecule has 13 aromatic carbocycles. The molecule has 350 valence electrons. The van der Waals surface area contributed by atoms with Crippen LogP contribution >= 0.6 is 11.3 Å². The minimum atomic E-state index is 1.05. The summed E-state index contributed by atoms with van der Waals surface area (Å²) in [6.45, 7) is 0. The molecule has 0 amide bonds. The molecule has 0 radical (unpaired) electrons. The van der Waals surface area contributed by atoms with Gasteiger partial charge < -0.3 is 9.80 Å². The number of fused-ring (bicyclic) bond motifs is 18. The first kappa shape index (κ1) is 43.1. The summed E-state index contributed by atoms with van der Waals surface area (Å²) in [4.78, 5) is 5.01. The third-order valence-electron chi connectivity index (χ3n) is 15.4. The maximum Gasteiger partial charge on any atom is 0.0781 e. The Bertz CT molecular complexity index is 4670. The van der Waals surface area contributed by atoms with E-state index >= 15 is 0 Å². The SMILES string of the molecule is c1ccc(-c2cccc(N(c3ccc4c5ccccc5c5ccccc5c5ccccc5c5cc6c(cc5c4c3)sc3ccccc36)c3cccc4c3N(c3ccccc3)c3ccccc3-c3ccccc3-4)c2)cc1. The van der Waals surface area contributed by atoms with Crippen molar-refractivity contribution in [2.75, 3.05) is 9.80 Å². The Balaban J connectivity index is 1.13. The summed E-state index contributed by atoms with van der Waals surface area (Å²) in [5, 5.41) is 14.6. The predicted molar refractivity (Wildman–Crippen MR) is 324 cm³/mol. The molecule has 0 fully saturated rings. The fourth-order valence-corrected chi connectivity index (χ4v) is 13.2. The molecule has 0 saturated heterocycles. The van der Waals surface area contributed by atoms with Gasteiger partial charge in [0.15, 0.2) is 0 Å². The summed E-state index contributed by atoms with van der Waals surface area (Å²) in [5.41, 5.74) is 13.6. The maximum atomic E-state index is 2.52. The Morgan fingerprint density at radius 3 is 1.44 bits per heavy atom. The molecule has 0 spiro atoms. The van der Waals surface area contributed by atoms with Crippen LogP contribution in [0.2, 0.25) is 0 Å². The highest BCUT2D eigenvalue weighted by molar-refractivity contribution is 7.25. The lowest BCUT2D eigenvalue weighted by Crippen LogP contribution is -2.17. The van der Waals surface area contributed by atoms with Crippen molar-refractivity contribution in [3.8, 4) is 33.4 Å². The van der Waals surface area contributed by atoms with E-state index in [1.165, 1.54) is 96.3 Å². The van der Waals surface area contributed by atoms with E-state index in [-0.39, 0.29) is 0 Å². The quantitative estimate of drug-likeness (QED) is 0.170. The van der Waals surface area contributed by atoms with E-state index in [1.807, 2.05) is 11.3 Å². The molecule has 0 saturated carbocycles.